The van der Waals surface area contributed by atoms with E-state index in [1.54, 1.807) is 12.1 Å². The molecule has 0 bridgehead atoms. The minimum atomic E-state index is -0.749. The Morgan fingerprint density at radius 1 is 1.38 bits per heavy atom. The average Bonchev–Trinajstić information content (AvgIpc) is 2.04. The molecule has 0 aliphatic rings. The predicted molar refractivity (Wildman–Crippen MR) is 49.1 cm³/mol. The SMILES string of the molecule is CC([O])Sc1ccc([N+](=O)[O-])cc1. The molecule has 0 aliphatic carbocycles. The van der Waals surface area contributed by atoms with Gasteiger partial charge in [-0.15, -0.1) is 0 Å². The van der Waals surface area contributed by atoms with Gasteiger partial charge in [-0.25, -0.2) is 5.11 Å². The Kier molecular flexibility index (Phi) is 3.27. The van der Waals surface area contributed by atoms with Crippen LogP contribution < -0.4 is 0 Å². The van der Waals surface area contributed by atoms with Crippen LogP contribution >= 0.6 is 11.8 Å². The third-order valence-corrected chi connectivity index (χ3v) is 2.23. The van der Waals surface area contributed by atoms with Crippen molar-refractivity contribution in [3.05, 3.63) is 34.4 Å². The lowest BCUT2D eigenvalue weighted by Gasteiger charge is -2.00. The van der Waals surface area contributed by atoms with Crippen LogP contribution in [0.3, 0.4) is 0 Å². The lowest BCUT2D eigenvalue weighted by Crippen LogP contribution is -1.90. The molecule has 1 aromatic carbocycles. The summed E-state index contributed by atoms with van der Waals surface area (Å²) in [5.41, 5.74) is -0.704. The Morgan fingerprint density at radius 3 is 2.31 bits per heavy atom. The van der Waals surface area contributed by atoms with Gasteiger partial charge in [0.15, 0.2) is 0 Å². The standard InChI is InChI=1S/C8H8NO3S/c1-6(10)13-8-4-2-7(3-5-8)9(11)12/h2-6H,1H3. The first-order valence-electron chi connectivity index (χ1n) is 3.66. The Bertz CT molecular complexity index is 297. The largest absolute Gasteiger partial charge is 0.269 e. The van der Waals surface area contributed by atoms with E-state index in [0.29, 0.717) is 0 Å². The molecule has 0 N–H and O–H groups in total. The van der Waals surface area contributed by atoms with E-state index in [1.807, 2.05) is 0 Å². The van der Waals surface area contributed by atoms with Crippen molar-refractivity contribution >= 4 is 17.4 Å². The topological polar surface area (TPSA) is 63.0 Å². The maximum absolute atomic E-state index is 10.7. The van der Waals surface area contributed by atoms with Gasteiger partial charge in [0.1, 0.15) is 5.44 Å². The zero-order valence-corrected chi connectivity index (χ0v) is 7.78. The molecule has 69 valence electrons. The molecule has 1 unspecified atom stereocenters. The maximum atomic E-state index is 10.7. The molecule has 0 spiro atoms. The second-order valence-electron chi connectivity index (χ2n) is 2.44. The Balaban J connectivity index is 2.75. The van der Waals surface area contributed by atoms with Crippen LogP contribution in [0.25, 0.3) is 0 Å². The summed E-state index contributed by atoms with van der Waals surface area (Å²) in [7, 11) is 0. The first kappa shape index (κ1) is 10.0. The van der Waals surface area contributed by atoms with Crippen molar-refractivity contribution in [2.24, 2.45) is 0 Å². The highest BCUT2D eigenvalue weighted by Crippen LogP contribution is 2.23. The van der Waals surface area contributed by atoms with Crippen LogP contribution in [0, 0.1) is 10.1 Å². The fourth-order valence-electron chi connectivity index (χ4n) is 0.838. The van der Waals surface area contributed by atoms with Gasteiger partial charge in [0.25, 0.3) is 5.69 Å². The fourth-order valence-corrected chi connectivity index (χ4v) is 1.51. The second-order valence-corrected chi connectivity index (χ2v) is 3.81. The van der Waals surface area contributed by atoms with Crippen LogP contribution in [0.5, 0.6) is 0 Å². The van der Waals surface area contributed by atoms with Gasteiger partial charge in [0.2, 0.25) is 0 Å². The van der Waals surface area contributed by atoms with E-state index in [-0.39, 0.29) is 5.69 Å². The first-order valence-corrected chi connectivity index (χ1v) is 4.54. The highest BCUT2D eigenvalue weighted by Gasteiger charge is 2.05. The lowest BCUT2D eigenvalue weighted by molar-refractivity contribution is -0.384. The number of nitrogens with zero attached hydrogens (tertiary/aromatic N) is 1. The number of thioether (sulfide) groups is 1. The normalized spacial score (nSPS) is 12.5. The predicted octanol–water partition coefficient (Wildman–Crippen LogP) is 2.46. The first-order chi connectivity index (χ1) is 6.09. The van der Waals surface area contributed by atoms with Crippen LogP contribution in [-0.4, -0.2) is 10.4 Å². The molecule has 1 atom stereocenters. The third kappa shape index (κ3) is 3.04. The molecule has 4 nitrogen and oxygen atoms in total. The molecule has 0 heterocycles. The highest BCUT2D eigenvalue weighted by atomic mass is 32.2. The van der Waals surface area contributed by atoms with E-state index < -0.39 is 10.4 Å². The molecule has 0 saturated carbocycles. The van der Waals surface area contributed by atoms with Crippen molar-refractivity contribution in [2.75, 3.05) is 0 Å². The third-order valence-electron chi connectivity index (χ3n) is 1.35. The number of nitro groups is 1. The van der Waals surface area contributed by atoms with Crippen LogP contribution in [-0.2, 0) is 5.11 Å². The summed E-state index contributed by atoms with van der Waals surface area (Å²) < 4.78 is 0. The molecule has 13 heavy (non-hydrogen) atoms. The monoisotopic (exact) mass is 198 g/mol. The molecule has 5 heteroatoms. The van der Waals surface area contributed by atoms with Gasteiger partial charge in [-0.3, -0.25) is 10.1 Å². The molecular formula is C8H8NO3S. The number of hydrogen-bond donors (Lipinski definition) is 0. The minimum absolute atomic E-state index is 0.0444. The summed E-state index contributed by atoms with van der Waals surface area (Å²) in [6.45, 7) is 1.53. The van der Waals surface area contributed by atoms with E-state index in [9.17, 15) is 15.2 Å². The van der Waals surface area contributed by atoms with Crippen molar-refractivity contribution in [1.82, 2.24) is 0 Å². The zero-order chi connectivity index (χ0) is 9.84. The Morgan fingerprint density at radius 2 is 1.92 bits per heavy atom. The van der Waals surface area contributed by atoms with E-state index in [2.05, 4.69) is 0 Å². The second kappa shape index (κ2) is 4.25. The molecule has 0 amide bonds. The maximum Gasteiger partial charge on any atom is 0.269 e. The van der Waals surface area contributed by atoms with E-state index in [0.717, 1.165) is 16.7 Å². The number of rotatable bonds is 3. The molecule has 0 aromatic heterocycles. The number of benzene rings is 1. The average molecular weight is 198 g/mol. The lowest BCUT2D eigenvalue weighted by atomic mass is 10.3. The van der Waals surface area contributed by atoms with Gasteiger partial charge in [-0.2, -0.15) is 0 Å². The molecular weight excluding hydrogens is 190 g/mol. The van der Waals surface area contributed by atoms with Gasteiger partial charge in [0.05, 0.1) is 4.92 Å². The molecule has 0 aliphatic heterocycles. The van der Waals surface area contributed by atoms with Crippen molar-refractivity contribution in [3.63, 3.8) is 0 Å². The highest BCUT2D eigenvalue weighted by molar-refractivity contribution is 7.99. The minimum Gasteiger partial charge on any atom is -0.258 e. The van der Waals surface area contributed by atoms with Crippen LogP contribution in [0.4, 0.5) is 5.69 Å². The Hall–Kier alpha value is -1.07. The number of hydrogen-bond acceptors (Lipinski definition) is 3. The summed E-state index contributed by atoms with van der Waals surface area (Å²) in [5, 5.41) is 21.0. The van der Waals surface area contributed by atoms with Crippen molar-refractivity contribution in [1.29, 1.82) is 0 Å². The van der Waals surface area contributed by atoms with Gasteiger partial charge in [-0.05, 0) is 19.1 Å². The van der Waals surface area contributed by atoms with Gasteiger partial charge >= 0.3 is 0 Å². The summed E-state index contributed by atoms with van der Waals surface area (Å²) >= 11 is 1.14. The zero-order valence-electron chi connectivity index (χ0n) is 6.97. The molecule has 1 radical (unpaired) electrons. The Labute approximate surface area is 79.7 Å². The molecule has 1 rings (SSSR count). The quantitative estimate of drug-likeness (QED) is 0.324. The van der Waals surface area contributed by atoms with E-state index >= 15 is 0 Å². The number of nitro benzene ring substituents is 1. The van der Waals surface area contributed by atoms with E-state index in [4.69, 9.17) is 0 Å². The summed E-state index contributed by atoms with van der Waals surface area (Å²) in [6.07, 6.45) is 0. The van der Waals surface area contributed by atoms with E-state index in [1.165, 1.54) is 19.1 Å². The summed E-state index contributed by atoms with van der Waals surface area (Å²) in [4.78, 5) is 10.6. The van der Waals surface area contributed by atoms with Crippen LogP contribution in [0.2, 0.25) is 0 Å². The van der Waals surface area contributed by atoms with Gasteiger partial charge in [0, 0.05) is 17.0 Å². The van der Waals surface area contributed by atoms with Crippen molar-refractivity contribution < 1.29 is 10.0 Å². The summed E-state index contributed by atoms with van der Waals surface area (Å²) in [6, 6.07) is 5.95. The fraction of sp³-hybridized carbons (Fsp3) is 0.250. The van der Waals surface area contributed by atoms with Crippen molar-refractivity contribution in [2.45, 2.75) is 17.3 Å². The van der Waals surface area contributed by atoms with Crippen molar-refractivity contribution in [3.8, 4) is 0 Å². The molecule has 1 aromatic rings. The van der Waals surface area contributed by atoms with Crippen LogP contribution in [0.1, 0.15) is 6.92 Å². The van der Waals surface area contributed by atoms with Crippen LogP contribution in [0.15, 0.2) is 29.2 Å². The van der Waals surface area contributed by atoms with Gasteiger partial charge in [-0.1, -0.05) is 11.8 Å². The number of non-ortho nitro benzene ring substituents is 1. The molecule has 0 saturated heterocycles. The molecule has 0 fully saturated rings. The smallest absolute Gasteiger partial charge is 0.258 e. The van der Waals surface area contributed by atoms with Gasteiger partial charge < -0.3 is 0 Å². The summed E-state index contributed by atoms with van der Waals surface area (Å²) in [5.74, 6) is 0.